The Morgan fingerprint density at radius 1 is 0.488 bits per heavy atom. The normalized spacial score (nSPS) is 12.7. The summed E-state index contributed by atoms with van der Waals surface area (Å²) in [6.45, 7) is 13.8. The lowest BCUT2D eigenvalue weighted by Crippen LogP contribution is -2.21. The molecule has 7 rings (SSSR count). The number of aromatic nitrogens is 2. The minimum absolute atomic E-state index is 0.0333. The Kier molecular flexibility index (Phi) is 5.70. The van der Waals surface area contributed by atoms with E-state index in [4.69, 9.17) is 0 Å². The molecule has 2 nitrogen and oxygen atoms in total. The van der Waals surface area contributed by atoms with Gasteiger partial charge in [0, 0.05) is 38.3 Å². The van der Waals surface area contributed by atoms with E-state index in [0.717, 1.165) is 6.42 Å². The van der Waals surface area contributed by atoms with Crippen LogP contribution in [0.2, 0.25) is 0 Å². The smallest absolute Gasteiger partial charge is 0.0547 e. The van der Waals surface area contributed by atoms with Crippen molar-refractivity contribution in [3.05, 3.63) is 115 Å². The molecular formula is C39H38N2. The van der Waals surface area contributed by atoms with E-state index in [1.165, 1.54) is 66.0 Å². The molecule has 0 atom stereocenters. The highest BCUT2D eigenvalue weighted by molar-refractivity contribution is 6.11. The van der Waals surface area contributed by atoms with Gasteiger partial charge in [-0.15, -0.1) is 0 Å². The number of fused-ring (bicyclic) bond motifs is 6. The first-order valence-corrected chi connectivity index (χ1v) is 14.8. The maximum Gasteiger partial charge on any atom is 0.0547 e. The third kappa shape index (κ3) is 4.34. The molecule has 0 amide bonds. The second-order valence-electron chi connectivity index (χ2n) is 13.7. The van der Waals surface area contributed by atoms with Crippen molar-refractivity contribution in [3.63, 3.8) is 0 Å². The SMILES string of the molecule is CC(C)(C)Cc1ccc2c3ccc(-c4ccc5c6ccccc6n(C(C)(C)C)c5c4)cc3n(-c3ccccc3)c2c1. The van der Waals surface area contributed by atoms with E-state index in [-0.39, 0.29) is 11.0 Å². The predicted octanol–water partition coefficient (Wildman–Crippen LogP) is 10.9. The topological polar surface area (TPSA) is 9.86 Å². The van der Waals surface area contributed by atoms with Gasteiger partial charge in [0.1, 0.15) is 0 Å². The number of benzene rings is 5. The highest BCUT2D eigenvalue weighted by Gasteiger charge is 2.21. The molecule has 0 saturated heterocycles. The summed E-state index contributed by atoms with van der Waals surface area (Å²) < 4.78 is 4.95. The van der Waals surface area contributed by atoms with E-state index < -0.39 is 0 Å². The van der Waals surface area contributed by atoms with Crippen LogP contribution in [-0.4, -0.2) is 9.13 Å². The van der Waals surface area contributed by atoms with Crippen molar-refractivity contribution < 1.29 is 0 Å². The average molecular weight is 535 g/mol. The van der Waals surface area contributed by atoms with Crippen molar-refractivity contribution in [3.8, 4) is 16.8 Å². The number of rotatable bonds is 3. The fourth-order valence-electron chi connectivity index (χ4n) is 6.69. The lowest BCUT2D eigenvalue weighted by molar-refractivity contribution is 0.411. The van der Waals surface area contributed by atoms with Gasteiger partial charge in [0.2, 0.25) is 0 Å². The number of para-hydroxylation sites is 2. The zero-order valence-corrected chi connectivity index (χ0v) is 25.0. The molecular weight excluding hydrogens is 496 g/mol. The van der Waals surface area contributed by atoms with Gasteiger partial charge in [0.25, 0.3) is 0 Å². The van der Waals surface area contributed by atoms with Gasteiger partial charge in [-0.05, 0) is 85.7 Å². The van der Waals surface area contributed by atoms with Gasteiger partial charge in [-0.25, -0.2) is 0 Å². The largest absolute Gasteiger partial charge is 0.335 e. The first-order chi connectivity index (χ1) is 19.6. The van der Waals surface area contributed by atoms with Gasteiger partial charge in [0.15, 0.2) is 0 Å². The summed E-state index contributed by atoms with van der Waals surface area (Å²) in [4.78, 5) is 0. The summed E-state index contributed by atoms with van der Waals surface area (Å²) >= 11 is 0. The van der Waals surface area contributed by atoms with Gasteiger partial charge in [-0.1, -0.05) is 93.6 Å². The zero-order valence-electron chi connectivity index (χ0n) is 25.0. The Morgan fingerprint density at radius 3 is 1.68 bits per heavy atom. The van der Waals surface area contributed by atoms with E-state index in [1.54, 1.807) is 0 Å². The molecule has 0 bridgehead atoms. The van der Waals surface area contributed by atoms with Crippen LogP contribution in [0.4, 0.5) is 0 Å². The molecule has 0 radical (unpaired) electrons. The third-order valence-corrected chi connectivity index (χ3v) is 8.26. The molecule has 5 aromatic carbocycles. The second-order valence-corrected chi connectivity index (χ2v) is 13.7. The van der Waals surface area contributed by atoms with Gasteiger partial charge < -0.3 is 9.13 Å². The molecule has 0 spiro atoms. The van der Waals surface area contributed by atoms with E-state index in [9.17, 15) is 0 Å². The Hall–Kier alpha value is -4.30. The van der Waals surface area contributed by atoms with Crippen LogP contribution in [0.25, 0.3) is 60.4 Å². The third-order valence-electron chi connectivity index (χ3n) is 8.26. The van der Waals surface area contributed by atoms with E-state index in [1.807, 2.05) is 0 Å². The summed E-state index contributed by atoms with van der Waals surface area (Å²) in [6.07, 6.45) is 1.05. The van der Waals surface area contributed by atoms with Crippen molar-refractivity contribution in [2.45, 2.75) is 53.5 Å². The summed E-state index contributed by atoms with van der Waals surface area (Å²) in [5.41, 5.74) is 10.3. The Labute approximate surface area is 242 Å². The Balaban J connectivity index is 1.48. The average Bonchev–Trinajstić information content (AvgIpc) is 3.44. The van der Waals surface area contributed by atoms with Gasteiger partial charge in [0.05, 0.1) is 16.6 Å². The summed E-state index contributed by atoms with van der Waals surface area (Å²) in [6, 6.07) is 40.6. The maximum absolute atomic E-state index is 2.50. The molecule has 41 heavy (non-hydrogen) atoms. The van der Waals surface area contributed by atoms with Crippen molar-refractivity contribution in [1.29, 1.82) is 0 Å². The van der Waals surface area contributed by atoms with E-state index in [0.29, 0.717) is 0 Å². The molecule has 0 fully saturated rings. The van der Waals surface area contributed by atoms with Crippen LogP contribution in [-0.2, 0) is 12.0 Å². The number of nitrogens with zero attached hydrogens (tertiary/aromatic N) is 2. The highest BCUT2D eigenvalue weighted by atomic mass is 15.0. The lowest BCUT2D eigenvalue weighted by atomic mass is 9.88. The standard InChI is InChI=1S/C39H38N2/c1-38(2,3)25-26-16-19-31-32-20-17-27(23-36(32)40(35(31)22-26)29-12-8-7-9-13-29)28-18-21-33-30-14-10-11-15-34(30)41(37(33)24-28)39(4,5)6/h7-24H,25H2,1-6H3. The number of hydrogen-bond donors (Lipinski definition) is 0. The van der Waals surface area contributed by atoms with Crippen LogP contribution in [0.1, 0.15) is 47.1 Å². The molecule has 2 heteroatoms. The van der Waals surface area contributed by atoms with Gasteiger partial charge >= 0.3 is 0 Å². The lowest BCUT2D eigenvalue weighted by Gasteiger charge is -2.24. The van der Waals surface area contributed by atoms with Crippen molar-refractivity contribution in [1.82, 2.24) is 9.13 Å². The summed E-state index contributed by atoms with van der Waals surface area (Å²) in [5, 5.41) is 5.22. The molecule has 0 aliphatic rings. The van der Waals surface area contributed by atoms with Crippen molar-refractivity contribution in [2.75, 3.05) is 0 Å². The molecule has 2 aromatic heterocycles. The quantitative estimate of drug-likeness (QED) is 0.213. The minimum atomic E-state index is -0.0333. The predicted molar refractivity (Wildman–Crippen MR) is 177 cm³/mol. The fraction of sp³-hybridized carbons (Fsp3) is 0.231. The molecule has 204 valence electrons. The first-order valence-electron chi connectivity index (χ1n) is 14.8. The highest BCUT2D eigenvalue weighted by Crippen LogP contribution is 2.39. The summed E-state index contributed by atoms with van der Waals surface area (Å²) in [5.74, 6) is 0. The maximum atomic E-state index is 2.50. The second kappa shape index (κ2) is 9.11. The van der Waals surface area contributed by atoms with Crippen molar-refractivity contribution >= 4 is 43.6 Å². The van der Waals surface area contributed by atoms with Gasteiger partial charge in [-0.2, -0.15) is 0 Å². The molecule has 2 heterocycles. The van der Waals surface area contributed by atoms with Crippen LogP contribution in [0.3, 0.4) is 0 Å². The Morgan fingerprint density at radius 2 is 1.02 bits per heavy atom. The van der Waals surface area contributed by atoms with Crippen LogP contribution in [0.5, 0.6) is 0 Å². The molecule has 0 N–H and O–H groups in total. The zero-order chi connectivity index (χ0) is 28.5. The molecule has 0 saturated carbocycles. The monoisotopic (exact) mass is 534 g/mol. The van der Waals surface area contributed by atoms with Crippen LogP contribution in [0, 0.1) is 5.41 Å². The van der Waals surface area contributed by atoms with Gasteiger partial charge in [-0.3, -0.25) is 0 Å². The fourth-order valence-corrected chi connectivity index (χ4v) is 6.69. The van der Waals surface area contributed by atoms with Crippen LogP contribution < -0.4 is 0 Å². The van der Waals surface area contributed by atoms with E-state index in [2.05, 4.69) is 160 Å². The molecule has 0 unspecified atom stereocenters. The summed E-state index contributed by atoms with van der Waals surface area (Å²) in [7, 11) is 0. The molecule has 7 aromatic rings. The van der Waals surface area contributed by atoms with Crippen molar-refractivity contribution in [2.24, 2.45) is 5.41 Å². The van der Waals surface area contributed by atoms with Crippen LogP contribution >= 0.6 is 0 Å². The molecule has 0 aliphatic heterocycles. The van der Waals surface area contributed by atoms with Crippen LogP contribution in [0.15, 0.2) is 109 Å². The minimum Gasteiger partial charge on any atom is -0.335 e. The first kappa shape index (κ1) is 25.7. The Bertz CT molecular complexity index is 2070. The number of hydrogen-bond acceptors (Lipinski definition) is 0. The molecule has 0 aliphatic carbocycles. The van der Waals surface area contributed by atoms with E-state index >= 15 is 0 Å².